The lowest BCUT2D eigenvalue weighted by Gasteiger charge is -2.17. The van der Waals surface area contributed by atoms with E-state index in [2.05, 4.69) is 0 Å². The van der Waals surface area contributed by atoms with E-state index in [1.807, 2.05) is 6.07 Å². The molecule has 27 heavy (non-hydrogen) atoms. The number of halogens is 1. The summed E-state index contributed by atoms with van der Waals surface area (Å²) in [5, 5.41) is 0.0292. The maximum atomic E-state index is 12.3. The maximum absolute atomic E-state index is 12.3. The third-order valence-corrected chi connectivity index (χ3v) is 5.92. The highest BCUT2D eigenvalue weighted by Gasteiger charge is 2.22. The average molecular weight is 411 g/mol. The lowest BCUT2D eigenvalue weighted by atomic mass is 10.2. The SMILES string of the molecule is CN(C(=O)COC(=O)c1cc(S(=O)(=O)N(C)C)ccc1Cl)c1ccccc1. The van der Waals surface area contributed by atoms with Crippen molar-refractivity contribution in [1.82, 2.24) is 4.31 Å². The molecule has 0 unspecified atom stereocenters. The van der Waals surface area contributed by atoms with E-state index in [1.54, 1.807) is 31.3 Å². The Labute approximate surface area is 163 Å². The number of carbonyl (C=O) groups excluding carboxylic acids is 2. The molecule has 0 saturated heterocycles. The van der Waals surface area contributed by atoms with Crippen molar-refractivity contribution in [3.63, 3.8) is 0 Å². The van der Waals surface area contributed by atoms with Crippen LogP contribution in [0.5, 0.6) is 0 Å². The van der Waals surface area contributed by atoms with Gasteiger partial charge in [-0.15, -0.1) is 0 Å². The van der Waals surface area contributed by atoms with Gasteiger partial charge >= 0.3 is 5.97 Å². The minimum Gasteiger partial charge on any atom is -0.452 e. The second-order valence-electron chi connectivity index (χ2n) is 5.79. The van der Waals surface area contributed by atoms with Crippen molar-refractivity contribution in [2.24, 2.45) is 0 Å². The summed E-state index contributed by atoms with van der Waals surface area (Å²) in [6.45, 7) is -0.509. The van der Waals surface area contributed by atoms with E-state index in [4.69, 9.17) is 16.3 Å². The number of likely N-dealkylation sites (N-methyl/N-ethyl adjacent to an activating group) is 1. The van der Waals surface area contributed by atoms with Gasteiger partial charge in [0.15, 0.2) is 6.61 Å². The van der Waals surface area contributed by atoms with Gasteiger partial charge in [-0.3, -0.25) is 4.79 Å². The predicted molar refractivity (Wildman–Crippen MR) is 102 cm³/mol. The first kappa shape index (κ1) is 20.9. The number of para-hydroxylation sites is 1. The Morgan fingerprint density at radius 1 is 1.04 bits per heavy atom. The van der Waals surface area contributed by atoms with Gasteiger partial charge in [-0.2, -0.15) is 0 Å². The molecule has 0 bridgehead atoms. The van der Waals surface area contributed by atoms with Crippen molar-refractivity contribution < 1.29 is 22.7 Å². The second kappa shape index (κ2) is 8.51. The number of nitrogens with zero attached hydrogens (tertiary/aromatic N) is 2. The molecule has 7 nitrogen and oxygen atoms in total. The molecule has 0 atom stereocenters. The Bertz CT molecular complexity index is 945. The maximum Gasteiger partial charge on any atom is 0.340 e. The first-order valence-electron chi connectivity index (χ1n) is 7.85. The van der Waals surface area contributed by atoms with Gasteiger partial charge in [-0.05, 0) is 30.3 Å². The summed E-state index contributed by atoms with van der Waals surface area (Å²) >= 11 is 5.99. The van der Waals surface area contributed by atoms with Gasteiger partial charge in [-0.1, -0.05) is 29.8 Å². The second-order valence-corrected chi connectivity index (χ2v) is 8.35. The highest BCUT2D eigenvalue weighted by atomic mass is 35.5. The molecular weight excluding hydrogens is 392 g/mol. The van der Waals surface area contributed by atoms with Crippen molar-refractivity contribution in [2.75, 3.05) is 32.6 Å². The molecule has 2 aromatic rings. The van der Waals surface area contributed by atoms with Crippen LogP contribution >= 0.6 is 11.6 Å². The Morgan fingerprint density at radius 2 is 1.67 bits per heavy atom. The zero-order chi connectivity index (χ0) is 20.2. The number of rotatable bonds is 6. The normalized spacial score (nSPS) is 11.3. The molecule has 0 saturated carbocycles. The molecule has 0 aliphatic rings. The zero-order valence-electron chi connectivity index (χ0n) is 15.0. The summed E-state index contributed by atoms with van der Waals surface area (Å²) in [6, 6.07) is 12.6. The number of carbonyl (C=O) groups is 2. The molecule has 1 amide bonds. The summed E-state index contributed by atoms with van der Waals surface area (Å²) in [6.07, 6.45) is 0. The standard InChI is InChI=1S/C18H19ClN2O5S/c1-20(2)27(24,25)14-9-10-16(19)15(11-14)18(23)26-12-17(22)21(3)13-7-5-4-6-8-13/h4-11H,12H2,1-3H3. The van der Waals surface area contributed by atoms with Crippen LogP contribution in [0.1, 0.15) is 10.4 Å². The molecule has 9 heteroatoms. The quantitative estimate of drug-likeness (QED) is 0.683. The number of amides is 1. The van der Waals surface area contributed by atoms with E-state index in [0.717, 1.165) is 10.4 Å². The number of hydrogen-bond donors (Lipinski definition) is 0. The summed E-state index contributed by atoms with van der Waals surface area (Å²) in [7, 11) is 0.570. The van der Waals surface area contributed by atoms with E-state index < -0.39 is 28.5 Å². The predicted octanol–water partition coefficient (Wildman–Crippen LogP) is 2.41. The molecule has 0 radical (unpaired) electrons. The number of benzene rings is 2. The minimum atomic E-state index is -3.74. The van der Waals surface area contributed by atoms with Crippen LogP contribution in [0.25, 0.3) is 0 Å². The Balaban J connectivity index is 2.13. The highest BCUT2D eigenvalue weighted by Crippen LogP contribution is 2.23. The van der Waals surface area contributed by atoms with E-state index >= 15 is 0 Å². The Hall–Kier alpha value is -2.42. The van der Waals surface area contributed by atoms with Crippen LogP contribution in [-0.4, -0.2) is 52.3 Å². The molecule has 0 aliphatic heterocycles. The number of anilines is 1. The van der Waals surface area contributed by atoms with Crippen molar-refractivity contribution in [3.05, 3.63) is 59.1 Å². The first-order valence-corrected chi connectivity index (χ1v) is 9.67. The lowest BCUT2D eigenvalue weighted by molar-refractivity contribution is -0.121. The fourth-order valence-corrected chi connectivity index (χ4v) is 3.25. The summed E-state index contributed by atoms with van der Waals surface area (Å²) in [5.41, 5.74) is 0.519. The molecule has 0 heterocycles. The van der Waals surface area contributed by atoms with E-state index in [1.165, 1.54) is 31.1 Å². The van der Waals surface area contributed by atoms with Crippen molar-refractivity contribution in [1.29, 1.82) is 0 Å². The minimum absolute atomic E-state index is 0.0292. The molecular formula is C18H19ClN2O5S. The average Bonchev–Trinajstić information content (AvgIpc) is 2.65. The van der Waals surface area contributed by atoms with Crippen molar-refractivity contribution in [3.8, 4) is 0 Å². The Morgan fingerprint density at radius 3 is 2.26 bits per heavy atom. The molecule has 0 N–H and O–H groups in total. The van der Waals surface area contributed by atoms with Crippen LogP contribution in [0.3, 0.4) is 0 Å². The molecule has 2 aromatic carbocycles. The summed E-state index contributed by atoms with van der Waals surface area (Å²) in [4.78, 5) is 25.7. The third-order valence-electron chi connectivity index (χ3n) is 3.78. The van der Waals surface area contributed by atoms with Gasteiger partial charge in [0.2, 0.25) is 10.0 Å². The van der Waals surface area contributed by atoms with Crippen LogP contribution in [-0.2, 0) is 19.6 Å². The van der Waals surface area contributed by atoms with Gasteiger partial charge in [-0.25, -0.2) is 17.5 Å². The van der Waals surface area contributed by atoms with Crippen molar-refractivity contribution >= 4 is 39.2 Å². The van der Waals surface area contributed by atoms with Gasteiger partial charge < -0.3 is 9.64 Å². The molecule has 0 fully saturated rings. The fourth-order valence-electron chi connectivity index (χ4n) is 2.13. The zero-order valence-corrected chi connectivity index (χ0v) is 16.6. The van der Waals surface area contributed by atoms with Crippen LogP contribution in [0.4, 0.5) is 5.69 Å². The lowest BCUT2D eigenvalue weighted by Crippen LogP contribution is -2.31. The number of ether oxygens (including phenoxy) is 1. The molecule has 0 aliphatic carbocycles. The number of esters is 1. The van der Waals surface area contributed by atoms with Gasteiger partial charge in [0, 0.05) is 26.8 Å². The monoisotopic (exact) mass is 410 g/mol. The summed E-state index contributed by atoms with van der Waals surface area (Å²) in [5.74, 6) is -1.33. The Kier molecular flexibility index (Phi) is 6.59. The largest absolute Gasteiger partial charge is 0.452 e. The highest BCUT2D eigenvalue weighted by molar-refractivity contribution is 7.89. The van der Waals surface area contributed by atoms with E-state index in [9.17, 15) is 18.0 Å². The van der Waals surface area contributed by atoms with Crippen molar-refractivity contribution in [2.45, 2.75) is 4.90 Å². The van der Waals surface area contributed by atoms with Gasteiger partial charge in [0.05, 0.1) is 15.5 Å². The fraction of sp³-hybridized carbons (Fsp3) is 0.222. The number of hydrogen-bond acceptors (Lipinski definition) is 5. The van der Waals surface area contributed by atoms with Crippen LogP contribution in [0.2, 0.25) is 5.02 Å². The molecule has 144 valence electrons. The topological polar surface area (TPSA) is 84.0 Å². The smallest absolute Gasteiger partial charge is 0.340 e. The molecule has 0 aromatic heterocycles. The van der Waals surface area contributed by atoms with Gasteiger partial charge in [0.1, 0.15) is 0 Å². The van der Waals surface area contributed by atoms with E-state index in [-0.39, 0.29) is 15.5 Å². The molecule has 0 spiro atoms. The van der Waals surface area contributed by atoms with Crippen LogP contribution < -0.4 is 4.90 Å². The van der Waals surface area contributed by atoms with Crippen LogP contribution in [0.15, 0.2) is 53.4 Å². The summed E-state index contributed by atoms with van der Waals surface area (Å²) < 4.78 is 30.4. The van der Waals surface area contributed by atoms with E-state index in [0.29, 0.717) is 5.69 Å². The number of sulfonamides is 1. The molecule has 2 rings (SSSR count). The third kappa shape index (κ3) is 4.85. The van der Waals surface area contributed by atoms with Crippen LogP contribution in [0, 0.1) is 0 Å². The van der Waals surface area contributed by atoms with Gasteiger partial charge in [0.25, 0.3) is 5.91 Å². The first-order chi connectivity index (χ1) is 12.6.